The summed E-state index contributed by atoms with van der Waals surface area (Å²) in [5, 5.41) is 12.8. The number of benzene rings is 1. The minimum absolute atomic E-state index is 0.131. The molecule has 1 N–H and O–H groups in total. The summed E-state index contributed by atoms with van der Waals surface area (Å²) >= 11 is 0. The smallest absolute Gasteiger partial charge is 0.253 e. The molecule has 1 aromatic carbocycles. The van der Waals surface area contributed by atoms with Gasteiger partial charge in [0.15, 0.2) is 0 Å². The quantitative estimate of drug-likeness (QED) is 0.683. The van der Waals surface area contributed by atoms with Gasteiger partial charge in [0.2, 0.25) is 0 Å². The number of methoxy groups -OCH3 is 1. The highest BCUT2D eigenvalue weighted by atomic mass is 16.6. The Labute approximate surface area is 134 Å². The van der Waals surface area contributed by atoms with Gasteiger partial charge in [0.05, 0.1) is 12.1 Å². The van der Waals surface area contributed by atoms with Crippen molar-refractivity contribution in [2.24, 2.45) is 0 Å². The summed E-state index contributed by atoms with van der Waals surface area (Å²) < 4.78 is 5.49. The molecule has 0 spiro atoms. The molecule has 2 aliphatic rings. The minimum Gasteiger partial charge on any atom is -0.374 e. The maximum atomic E-state index is 11.5. The van der Waals surface area contributed by atoms with E-state index in [4.69, 9.17) is 4.74 Å². The van der Waals surface area contributed by atoms with E-state index < -0.39 is 6.04 Å². The summed E-state index contributed by atoms with van der Waals surface area (Å²) in [6.07, 6.45) is 1.24. The van der Waals surface area contributed by atoms with Crippen LogP contribution in [-0.2, 0) is 11.2 Å². The third kappa shape index (κ3) is 2.09. The number of nitrogens with one attached hydrogen (secondary N) is 1. The molecular formula is C17H21N3O3. The molecule has 2 aromatic rings. The SMILES string of the molecule is CO[C@H]1C[C@H]2c3[nH]c4ccccc4c3CCN2[C@@H](C)[C@@H]1[N+](=O)[O-]. The Morgan fingerprint density at radius 3 is 2.91 bits per heavy atom. The summed E-state index contributed by atoms with van der Waals surface area (Å²) in [5.41, 5.74) is 3.73. The third-order valence-electron chi connectivity index (χ3n) is 5.60. The fourth-order valence-electron chi connectivity index (χ4n) is 4.49. The van der Waals surface area contributed by atoms with E-state index in [2.05, 4.69) is 28.1 Å². The Hall–Kier alpha value is -1.92. The van der Waals surface area contributed by atoms with Crippen LogP contribution in [0.2, 0.25) is 0 Å². The number of para-hydroxylation sites is 1. The molecule has 1 aromatic heterocycles. The largest absolute Gasteiger partial charge is 0.374 e. The van der Waals surface area contributed by atoms with Gasteiger partial charge in [-0.15, -0.1) is 0 Å². The highest BCUT2D eigenvalue weighted by molar-refractivity contribution is 5.85. The second kappa shape index (κ2) is 5.32. The van der Waals surface area contributed by atoms with Crippen molar-refractivity contribution in [3.63, 3.8) is 0 Å². The highest BCUT2D eigenvalue weighted by Gasteiger charge is 2.50. The van der Waals surface area contributed by atoms with Crippen LogP contribution in [0.4, 0.5) is 0 Å². The van der Waals surface area contributed by atoms with Crippen LogP contribution < -0.4 is 0 Å². The zero-order valence-electron chi connectivity index (χ0n) is 13.4. The lowest BCUT2D eigenvalue weighted by atomic mass is 9.83. The lowest BCUT2D eigenvalue weighted by Gasteiger charge is -2.46. The first-order valence-corrected chi connectivity index (χ1v) is 8.13. The second-order valence-electron chi connectivity index (χ2n) is 6.59. The van der Waals surface area contributed by atoms with E-state index >= 15 is 0 Å². The van der Waals surface area contributed by atoms with Crippen molar-refractivity contribution in [2.75, 3.05) is 13.7 Å². The fraction of sp³-hybridized carbons (Fsp3) is 0.529. The molecule has 2 aliphatic heterocycles. The van der Waals surface area contributed by atoms with Crippen LogP contribution in [0.1, 0.15) is 30.6 Å². The van der Waals surface area contributed by atoms with E-state index in [1.807, 2.05) is 13.0 Å². The predicted octanol–water partition coefficient (Wildman–Crippen LogP) is 2.52. The molecular weight excluding hydrogens is 294 g/mol. The minimum atomic E-state index is -0.665. The summed E-state index contributed by atoms with van der Waals surface area (Å²) in [6.45, 7) is 2.82. The molecule has 0 bridgehead atoms. The van der Waals surface area contributed by atoms with Gasteiger partial charge in [0.25, 0.3) is 6.04 Å². The third-order valence-corrected chi connectivity index (χ3v) is 5.60. The Balaban J connectivity index is 1.78. The molecule has 1 saturated heterocycles. The monoisotopic (exact) mass is 315 g/mol. The van der Waals surface area contributed by atoms with Gasteiger partial charge in [-0.2, -0.15) is 0 Å². The molecule has 3 heterocycles. The van der Waals surface area contributed by atoms with Gasteiger partial charge in [-0.25, -0.2) is 0 Å². The van der Waals surface area contributed by atoms with Gasteiger partial charge in [0, 0.05) is 41.6 Å². The number of nitrogens with zero attached hydrogens (tertiary/aromatic N) is 2. The number of H-pyrrole nitrogens is 1. The van der Waals surface area contributed by atoms with Crippen molar-refractivity contribution < 1.29 is 9.66 Å². The summed E-state index contributed by atoms with van der Waals surface area (Å²) in [4.78, 5) is 17.2. The average Bonchev–Trinajstić information content (AvgIpc) is 2.93. The van der Waals surface area contributed by atoms with Crippen molar-refractivity contribution >= 4 is 10.9 Å². The van der Waals surface area contributed by atoms with Gasteiger partial charge < -0.3 is 9.72 Å². The lowest BCUT2D eigenvalue weighted by molar-refractivity contribution is -0.547. The van der Waals surface area contributed by atoms with Crippen molar-refractivity contribution in [2.45, 2.75) is 44.0 Å². The van der Waals surface area contributed by atoms with Gasteiger partial charge >= 0.3 is 0 Å². The van der Waals surface area contributed by atoms with Crippen LogP contribution >= 0.6 is 0 Å². The van der Waals surface area contributed by atoms with Gasteiger partial charge in [-0.1, -0.05) is 18.2 Å². The number of aromatic amines is 1. The topological polar surface area (TPSA) is 71.4 Å². The maximum absolute atomic E-state index is 11.5. The first-order chi connectivity index (χ1) is 11.1. The van der Waals surface area contributed by atoms with E-state index in [1.165, 1.54) is 16.6 Å². The Kier molecular flexibility index (Phi) is 3.39. The Morgan fingerprint density at radius 2 is 2.17 bits per heavy atom. The second-order valence-corrected chi connectivity index (χ2v) is 6.59. The molecule has 23 heavy (non-hydrogen) atoms. The summed E-state index contributed by atoms with van der Waals surface area (Å²) in [5.74, 6) is 0. The molecule has 0 saturated carbocycles. The first-order valence-electron chi connectivity index (χ1n) is 8.13. The molecule has 4 atom stereocenters. The van der Waals surface area contributed by atoms with Gasteiger partial charge in [-0.05, 0) is 25.0 Å². The number of rotatable bonds is 2. The van der Waals surface area contributed by atoms with Crippen LogP contribution in [0.15, 0.2) is 24.3 Å². The van der Waals surface area contributed by atoms with E-state index in [9.17, 15) is 10.1 Å². The Morgan fingerprint density at radius 1 is 1.39 bits per heavy atom. The normalized spacial score (nSPS) is 30.9. The van der Waals surface area contributed by atoms with Crippen molar-refractivity contribution in [3.8, 4) is 0 Å². The number of aromatic nitrogens is 1. The zero-order valence-corrected chi connectivity index (χ0v) is 13.4. The Bertz CT molecular complexity index is 757. The number of hydrogen-bond donors (Lipinski definition) is 1. The number of fused-ring (bicyclic) bond motifs is 5. The van der Waals surface area contributed by atoms with E-state index in [-0.39, 0.29) is 23.1 Å². The first kappa shape index (κ1) is 14.7. The molecule has 0 amide bonds. The van der Waals surface area contributed by atoms with Crippen LogP contribution in [0.5, 0.6) is 0 Å². The van der Waals surface area contributed by atoms with E-state index in [0.717, 1.165) is 18.5 Å². The summed E-state index contributed by atoms with van der Waals surface area (Å²) in [6, 6.07) is 7.72. The molecule has 6 heteroatoms. The molecule has 0 radical (unpaired) electrons. The molecule has 0 unspecified atom stereocenters. The molecule has 4 rings (SSSR count). The lowest BCUT2D eigenvalue weighted by Crippen LogP contribution is -2.59. The van der Waals surface area contributed by atoms with Crippen LogP contribution in [-0.4, -0.2) is 46.6 Å². The molecule has 1 fully saturated rings. The highest BCUT2D eigenvalue weighted by Crippen LogP contribution is 2.42. The van der Waals surface area contributed by atoms with Crippen LogP contribution in [0, 0.1) is 10.1 Å². The predicted molar refractivity (Wildman–Crippen MR) is 87.1 cm³/mol. The average molecular weight is 315 g/mol. The number of piperidine rings is 1. The van der Waals surface area contributed by atoms with Gasteiger partial charge in [0.1, 0.15) is 6.10 Å². The summed E-state index contributed by atoms with van der Waals surface area (Å²) in [7, 11) is 1.58. The molecule has 6 nitrogen and oxygen atoms in total. The van der Waals surface area contributed by atoms with Crippen molar-refractivity contribution in [3.05, 3.63) is 45.6 Å². The van der Waals surface area contributed by atoms with Crippen molar-refractivity contribution in [1.29, 1.82) is 0 Å². The van der Waals surface area contributed by atoms with Gasteiger partial charge in [-0.3, -0.25) is 15.0 Å². The van der Waals surface area contributed by atoms with Crippen LogP contribution in [0.3, 0.4) is 0 Å². The van der Waals surface area contributed by atoms with Crippen LogP contribution in [0.25, 0.3) is 10.9 Å². The van der Waals surface area contributed by atoms with E-state index in [0.29, 0.717) is 6.42 Å². The maximum Gasteiger partial charge on any atom is 0.253 e. The van der Waals surface area contributed by atoms with E-state index in [1.54, 1.807) is 7.11 Å². The number of ether oxygens (including phenoxy) is 1. The molecule has 0 aliphatic carbocycles. The fourth-order valence-corrected chi connectivity index (χ4v) is 4.49. The standard InChI is InChI=1S/C17H21N3O3/c1-10-17(20(21)22)15(23-2)9-14-16-12(7-8-19(10)14)11-5-3-4-6-13(11)18-16/h3-6,10,14-15,17-18H,7-9H2,1-2H3/t10-,14-,15-,17-/m0/s1. The van der Waals surface area contributed by atoms with Crippen molar-refractivity contribution in [1.82, 2.24) is 9.88 Å². The molecule has 122 valence electrons. The zero-order chi connectivity index (χ0) is 16.1. The number of hydrogen-bond acceptors (Lipinski definition) is 4. The number of nitro groups is 1.